The quantitative estimate of drug-likeness (QED) is 0.697. The minimum absolute atomic E-state index is 0.0447. The minimum atomic E-state index is -0.0447. The number of hydrogen-bond donors (Lipinski definition) is 1. The van der Waals surface area contributed by atoms with Crippen molar-refractivity contribution < 1.29 is 9.32 Å². The van der Waals surface area contributed by atoms with E-state index in [0.717, 1.165) is 10.5 Å². The zero-order valence-electron chi connectivity index (χ0n) is 13.2. The molecule has 5 nitrogen and oxygen atoms in total. The molecule has 24 heavy (non-hydrogen) atoms. The lowest BCUT2D eigenvalue weighted by Crippen LogP contribution is -2.24. The van der Waals surface area contributed by atoms with E-state index in [1.165, 1.54) is 17.3 Å². The third kappa shape index (κ3) is 4.45. The molecule has 3 aromatic rings. The molecule has 0 aliphatic carbocycles. The smallest absolute Gasteiger partial charge is 0.230 e. The number of hydrogen-bond acceptors (Lipinski definition) is 5. The maximum atomic E-state index is 11.9. The summed E-state index contributed by atoms with van der Waals surface area (Å²) in [5.41, 5.74) is 2.87. The van der Waals surface area contributed by atoms with Crippen LogP contribution in [-0.4, -0.2) is 21.8 Å². The van der Waals surface area contributed by atoms with Gasteiger partial charge in [-0.3, -0.25) is 9.78 Å². The first-order chi connectivity index (χ1) is 11.7. The van der Waals surface area contributed by atoms with Crippen LogP contribution in [0.4, 0.5) is 0 Å². The van der Waals surface area contributed by atoms with Crippen molar-refractivity contribution in [2.45, 2.75) is 18.4 Å². The molecule has 3 rings (SSSR count). The summed E-state index contributed by atoms with van der Waals surface area (Å²) >= 11 is 1.47. The molecule has 0 atom stereocenters. The van der Waals surface area contributed by atoms with Crippen molar-refractivity contribution in [3.8, 4) is 11.3 Å². The van der Waals surface area contributed by atoms with Gasteiger partial charge in [0.25, 0.3) is 0 Å². The summed E-state index contributed by atoms with van der Waals surface area (Å²) in [5.74, 6) is 1.01. The van der Waals surface area contributed by atoms with E-state index in [1.807, 2.05) is 49.4 Å². The topological polar surface area (TPSA) is 68.0 Å². The zero-order valence-corrected chi connectivity index (χ0v) is 14.0. The molecule has 0 bridgehead atoms. The third-order valence-corrected chi connectivity index (χ3v) is 4.39. The second-order valence-electron chi connectivity index (χ2n) is 5.30. The van der Waals surface area contributed by atoms with Gasteiger partial charge in [0.2, 0.25) is 5.91 Å². The average Bonchev–Trinajstić information content (AvgIpc) is 3.09. The molecule has 1 N–H and O–H groups in total. The van der Waals surface area contributed by atoms with Crippen LogP contribution in [0.15, 0.2) is 64.3 Å². The monoisotopic (exact) mass is 339 g/mol. The van der Waals surface area contributed by atoms with E-state index in [9.17, 15) is 4.79 Å². The number of amides is 1. The largest absolute Gasteiger partial charge is 0.356 e. The second kappa shape index (κ2) is 7.79. The Bertz CT molecular complexity index is 801. The molecular formula is C18H17N3O2S. The second-order valence-corrected chi connectivity index (χ2v) is 6.35. The molecule has 6 heteroatoms. The van der Waals surface area contributed by atoms with E-state index >= 15 is 0 Å². The van der Waals surface area contributed by atoms with E-state index in [1.54, 1.807) is 12.4 Å². The lowest BCUT2D eigenvalue weighted by atomic mass is 10.1. The Balaban J connectivity index is 1.50. The molecule has 0 radical (unpaired) electrons. The molecule has 0 unspecified atom stereocenters. The first-order valence-electron chi connectivity index (χ1n) is 7.53. The fourth-order valence-electron chi connectivity index (χ4n) is 2.07. The van der Waals surface area contributed by atoms with Gasteiger partial charge in [0, 0.05) is 28.9 Å². The molecule has 0 saturated heterocycles. The third-order valence-electron chi connectivity index (χ3n) is 3.38. The SMILES string of the molecule is Cc1ccc(-c2cc(CNC(=O)CSc3ccncc3)no2)cc1. The zero-order chi connectivity index (χ0) is 16.8. The molecule has 0 saturated carbocycles. The fourth-order valence-corrected chi connectivity index (χ4v) is 2.79. The number of rotatable bonds is 6. The van der Waals surface area contributed by atoms with Crippen molar-refractivity contribution in [3.63, 3.8) is 0 Å². The molecule has 0 aliphatic rings. The van der Waals surface area contributed by atoms with Gasteiger partial charge in [-0.05, 0) is 19.1 Å². The number of thioether (sulfide) groups is 1. The number of carbonyl (C=O) groups excluding carboxylic acids is 1. The van der Waals surface area contributed by atoms with Gasteiger partial charge in [-0.15, -0.1) is 11.8 Å². The molecule has 0 spiro atoms. The Morgan fingerprint density at radius 3 is 2.67 bits per heavy atom. The summed E-state index contributed by atoms with van der Waals surface area (Å²) < 4.78 is 5.34. The molecular weight excluding hydrogens is 322 g/mol. The van der Waals surface area contributed by atoms with Crippen molar-refractivity contribution in [1.29, 1.82) is 0 Å². The standard InChI is InChI=1S/C18H17N3O2S/c1-13-2-4-14(5-3-13)17-10-15(21-23-17)11-20-18(22)12-24-16-6-8-19-9-7-16/h2-10H,11-12H2,1H3,(H,20,22). The van der Waals surface area contributed by atoms with Crippen LogP contribution in [0, 0.1) is 6.92 Å². The number of nitrogens with zero attached hydrogens (tertiary/aromatic N) is 2. The number of aromatic nitrogens is 2. The molecule has 122 valence electrons. The lowest BCUT2D eigenvalue weighted by molar-refractivity contribution is -0.118. The van der Waals surface area contributed by atoms with Gasteiger partial charge in [-0.25, -0.2) is 0 Å². The minimum Gasteiger partial charge on any atom is -0.356 e. The Hall–Kier alpha value is -2.60. The van der Waals surface area contributed by atoms with Crippen LogP contribution in [0.25, 0.3) is 11.3 Å². The first kappa shape index (κ1) is 16.3. The van der Waals surface area contributed by atoms with Crippen LogP contribution < -0.4 is 5.32 Å². The molecule has 1 amide bonds. The van der Waals surface area contributed by atoms with Gasteiger partial charge in [0.05, 0.1) is 12.3 Å². The Morgan fingerprint density at radius 2 is 1.92 bits per heavy atom. The van der Waals surface area contributed by atoms with Gasteiger partial charge in [-0.1, -0.05) is 35.0 Å². The van der Waals surface area contributed by atoms with Crippen molar-refractivity contribution in [3.05, 3.63) is 66.1 Å². The summed E-state index contributed by atoms with van der Waals surface area (Å²) in [4.78, 5) is 16.9. The Labute approximate surface area is 144 Å². The molecule has 2 aromatic heterocycles. The van der Waals surface area contributed by atoms with Crippen LogP contribution >= 0.6 is 11.8 Å². The van der Waals surface area contributed by atoms with Crippen LogP contribution in [0.5, 0.6) is 0 Å². The van der Waals surface area contributed by atoms with Crippen LogP contribution in [0.2, 0.25) is 0 Å². The van der Waals surface area contributed by atoms with E-state index in [0.29, 0.717) is 23.8 Å². The van der Waals surface area contributed by atoms with Crippen molar-refractivity contribution >= 4 is 17.7 Å². The number of benzene rings is 1. The number of aryl methyl sites for hydroxylation is 1. The summed E-state index contributed by atoms with van der Waals surface area (Å²) in [6.07, 6.45) is 3.42. The highest BCUT2D eigenvalue weighted by Crippen LogP contribution is 2.20. The number of pyridine rings is 1. The number of nitrogens with one attached hydrogen (secondary N) is 1. The lowest BCUT2D eigenvalue weighted by Gasteiger charge is -2.02. The summed E-state index contributed by atoms with van der Waals surface area (Å²) in [6, 6.07) is 13.6. The van der Waals surface area contributed by atoms with E-state index in [-0.39, 0.29) is 5.91 Å². The molecule has 0 fully saturated rings. The molecule has 1 aromatic carbocycles. The van der Waals surface area contributed by atoms with Gasteiger partial charge in [0.1, 0.15) is 5.69 Å². The van der Waals surface area contributed by atoms with E-state index in [4.69, 9.17) is 4.52 Å². The highest BCUT2D eigenvalue weighted by atomic mass is 32.2. The average molecular weight is 339 g/mol. The highest BCUT2D eigenvalue weighted by molar-refractivity contribution is 8.00. The highest BCUT2D eigenvalue weighted by Gasteiger charge is 2.08. The van der Waals surface area contributed by atoms with Gasteiger partial charge in [0.15, 0.2) is 5.76 Å². The van der Waals surface area contributed by atoms with Crippen molar-refractivity contribution in [1.82, 2.24) is 15.5 Å². The normalized spacial score (nSPS) is 10.5. The van der Waals surface area contributed by atoms with Crippen LogP contribution in [0.3, 0.4) is 0 Å². The van der Waals surface area contributed by atoms with Gasteiger partial charge >= 0.3 is 0 Å². The maximum Gasteiger partial charge on any atom is 0.230 e. The van der Waals surface area contributed by atoms with Gasteiger partial charge < -0.3 is 9.84 Å². The molecule has 2 heterocycles. The molecule has 0 aliphatic heterocycles. The predicted molar refractivity (Wildman–Crippen MR) is 93.5 cm³/mol. The Morgan fingerprint density at radius 1 is 1.17 bits per heavy atom. The summed E-state index contributed by atoms with van der Waals surface area (Å²) in [5, 5.41) is 6.85. The van der Waals surface area contributed by atoms with E-state index in [2.05, 4.69) is 15.5 Å². The van der Waals surface area contributed by atoms with Crippen LogP contribution in [-0.2, 0) is 11.3 Å². The summed E-state index contributed by atoms with van der Waals surface area (Å²) in [7, 11) is 0. The van der Waals surface area contributed by atoms with Crippen molar-refractivity contribution in [2.24, 2.45) is 0 Å². The maximum absolute atomic E-state index is 11.9. The fraction of sp³-hybridized carbons (Fsp3) is 0.167. The number of carbonyl (C=O) groups is 1. The van der Waals surface area contributed by atoms with Gasteiger partial charge in [-0.2, -0.15) is 0 Å². The summed E-state index contributed by atoms with van der Waals surface area (Å²) in [6.45, 7) is 2.39. The van der Waals surface area contributed by atoms with E-state index < -0.39 is 0 Å². The van der Waals surface area contributed by atoms with Crippen molar-refractivity contribution in [2.75, 3.05) is 5.75 Å². The first-order valence-corrected chi connectivity index (χ1v) is 8.51. The van der Waals surface area contributed by atoms with Crippen LogP contribution in [0.1, 0.15) is 11.3 Å². The Kier molecular flexibility index (Phi) is 5.28. The predicted octanol–water partition coefficient (Wildman–Crippen LogP) is 3.45.